The summed E-state index contributed by atoms with van der Waals surface area (Å²) in [6.07, 6.45) is 2.15. The van der Waals surface area contributed by atoms with Crippen LogP contribution in [-0.2, 0) is 24.2 Å². The highest BCUT2D eigenvalue weighted by atomic mass is 19.1. The van der Waals surface area contributed by atoms with Gasteiger partial charge in [0.05, 0.1) is 18.2 Å². The predicted octanol–water partition coefficient (Wildman–Crippen LogP) is 5.02. The van der Waals surface area contributed by atoms with Crippen molar-refractivity contribution >= 4 is 28.8 Å². The minimum Gasteiger partial charge on any atom is -0.465 e. The molecule has 0 saturated carbocycles. The standard InChI is InChI=1S/C32H27F2N5O4/c33-23-9-19(10-24(34)15-23)12-28(30-26(5-2-8-36-30)20-3-1-4-21(13-20)31(35)41)39-29(40)14-22-17-37-27-11-18(6-7-25(22)27)16-38-32(42)43/h1-11,13,15,17,28,37-38H,12,14,16H2,(H2,35,41)(H,39,40)(H,42,43). The number of pyridine rings is 1. The van der Waals surface area contributed by atoms with Crippen LogP contribution in [0.3, 0.4) is 0 Å². The number of aromatic amines is 1. The van der Waals surface area contributed by atoms with Gasteiger partial charge in [0, 0.05) is 47.0 Å². The van der Waals surface area contributed by atoms with Crippen LogP contribution >= 0.6 is 0 Å². The summed E-state index contributed by atoms with van der Waals surface area (Å²) in [6, 6.07) is 17.9. The Hall–Kier alpha value is -5.58. The Balaban J connectivity index is 1.45. The van der Waals surface area contributed by atoms with E-state index in [2.05, 4.69) is 20.6 Å². The van der Waals surface area contributed by atoms with Gasteiger partial charge >= 0.3 is 6.09 Å². The summed E-state index contributed by atoms with van der Waals surface area (Å²) in [7, 11) is 0. The van der Waals surface area contributed by atoms with E-state index in [1.165, 1.54) is 12.1 Å². The highest BCUT2D eigenvalue weighted by molar-refractivity contribution is 5.94. The molecule has 9 nitrogen and oxygen atoms in total. The van der Waals surface area contributed by atoms with E-state index in [0.29, 0.717) is 33.5 Å². The Morgan fingerprint density at radius 2 is 1.74 bits per heavy atom. The molecule has 218 valence electrons. The lowest BCUT2D eigenvalue weighted by molar-refractivity contribution is -0.121. The van der Waals surface area contributed by atoms with Crippen LogP contribution in [0.1, 0.15) is 38.8 Å². The zero-order valence-electron chi connectivity index (χ0n) is 22.7. The molecule has 1 atom stereocenters. The van der Waals surface area contributed by atoms with Gasteiger partial charge in [-0.3, -0.25) is 14.6 Å². The Bertz CT molecular complexity index is 1820. The molecular formula is C32H27F2N5O4. The van der Waals surface area contributed by atoms with Crippen molar-refractivity contribution < 1.29 is 28.3 Å². The number of fused-ring (bicyclic) bond motifs is 1. The van der Waals surface area contributed by atoms with E-state index in [4.69, 9.17) is 10.8 Å². The third kappa shape index (κ3) is 7.02. The Morgan fingerprint density at radius 1 is 0.953 bits per heavy atom. The molecule has 0 radical (unpaired) electrons. The summed E-state index contributed by atoms with van der Waals surface area (Å²) >= 11 is 0. The molecule has 0 bridgehead atoms. The summed E-state index contributed by atoms with van der Waals surface area (Å²) in [5.41, 5.74) is 9.97. The van der Waals surface area contributed by atoms with Crippen molar-refractivity contribution in [3.8, 4) is 11.1 Å². The number of carbonyl (C=O) groups excluding carboxylic acids is 2. The minimum atomic E-state index is -1.13. The molecule has 1 unspecified atom stereocenters. The molecule has 3 amide bonds. The molecule has 5 aromatic rings. The number of hydrogen-bond donors (Lipinski definition) is 5. The number of hydrogen-bond acceptors (Lipinski definition) is 4. The van der Waals surface area contributed by atoms with Gasteiger partial charge in [-0.1, -0.05) is 30.3 Å². The van der Waals surface area contributed by atoms with Gasteiger partial charge in [0.1, 0.15) is 11.6 Å². The number of rotatable bonds is 10. The van der Waals surface area contributed by atoms with Crippen molar-refractivity contribution in [2.24, 2.45) is 5.73 Å². The third-order valence-corrected chi connectivity index (χ3v) is 6.95. The largest absolute Gasteiger partial charge is 0.465 e. The third-order valence-electron chi connectivity index (χ3n) is 6.95. The van der Waals surface area contributed by atoms with Crippen LogP contribution in [0.2, 0.25) is 0 Å². The highest BCUT2D eigenvalue weighted by Crippen LogP contribution is 2.30. The van der Waals surface area contributed by atoms with Crippen molar-refractivity contribution in [2.45, 2.75) is 25.4 Å². The number of halogens is 2. The van der Waals surface area contributed by atoms with Crippen LogP contribution in [0.15, 0.2) is 85.2 Å². The molecule has 0 saturated heterocycles. The number of aromatic nitrogens is 2. The lowest BCUT2D eigenvalue weighted by atomic mass is 9.94. The second-order valence-corrected chi connectivity index (χ2v) is 10.0. The molecule has 0 aliphatic heterocycles. The quantitative estimate of drug-likeness (QED) is 0.157. The number of carbonyl (C=O) groups is 3. The maximum absolute atomic E-state index is 14.1. The molecule has 5 rings (SSSR count). The molecule has 6 N–H and O–H groups in total. The number of nitrogens with two attached hydrogens (primary N) is 1. The summed E-state index contributed by atoms with van der Waals surface area (Å²) in [6.45, 7) is 0.136. The summed E-state index contributed by atoms with van der Waals surface area (Å²) in [4.78, 5) is 43.8. The first-order valence-corrected chi connectivity index (χ1v) is 13.3. The van der Waals surface area contributed by atoms with Gasteiger partial charge in [0.25, 0.3) is 0 Å². The average molecular weight is 584 g/mol. The fourth-order valence-corrected chi connectivity index (χ4v) is 5.05. The number of carboxylic acid groups (broad SMARTS) is 1. The topological polar surface area (TPSA) is 150 Å². The van der Waals surface area contributed by atoms with E-state index < -0.39 is 29.7 Å². The Labute approximate surface area is 244 Å². The van der Waals surface area contributed by atoms with Crippen molar-refractivity contribution in [1.82, 2.24) is 20.6 Å². The predicted molar refractivity (Wildman–Crippen MR) is 156 cm³/mol. The zero-order valence-corrected chi connectivity index (χ0v) is 22.7. The molecule has 43 heavy (non-hydrogen) atoms. The number of amides is 3. The van der Waals surface area contributed by atoms with Gasteiger partial charge in [0.15, 0.2) is 0 Å². The van der Waals surface area contributed by atoms with Gasteiger partial charge in [-0.05, 0) is 65.1 Å². The smallest absolute Gasteiger partial charge is 0.404 e. The summed E-state index contributed by atoms with van der Waals surface area (Å²) in [5, 5.41) is 15.0. The molecule has 3 aromatic carbocycles. The number of H-pyrrole nitrogens is 1. The van der Waals surface area contributed by atoms with E-state index in [9.17, 15) is 23.2 Å². The maximum atomic E-state index is 14.1. The Kier molecular flexibility index (Phi) is 8.42. The molecule has 0 spiro atoms. The van der Waals surface area contributed by atoms with Crippen LogP contribution in [-0.4, -0.2) is 33.0 Å². The molecule has 11 heteroatoms. The number of nitrogens with zero attached hydrogens (tertiary/aromatic N) is 1. The minimum absolute atomic E-state index is 0.0138. The van der Waals surface area contributed by atoms with Gasteiger partial charge in [0.2, 0.25) is 11.8 Å². The monoisotopic (exact) mass is 583 g/mol. The van der Waals surface area contributed by atoms with Crippen LogP contribution in [0.5, 0.6) is 0 Å². The van der Waals surface area contributed by atoms with Gasteiger partial charge in [-0.2, -0.15) is 0 Å². The molecular weight excluding hydrogens is 556 g/mol. The lowest BCUT2D eigenvalue weighted by Crippen LogP contribution is -2.32. The number of nitrogens with one attached hydrogen (secondary N) is 3. The van der Waals surface area contributed by atoms with Crippen molar-refractivity contribution in [2.75, 3.05) is 0 Å². The molecule has 0 aliphatic rings. The van der Waals surface area contributed by atoms with Gasteiger partial charge in [-0.25, -0.2) is 13.6 Å². The SMILES string of the molecule is NC(=O)c1cccc(-c2cccnc2C(Cc2cc(F)cc(F)c2)NC(=O)Cc2c[nH]c3cc(CNC(=O)O)ccc23)c1. The normalized spacial score (nSPS) is 11.7. The van der Waals surface area contributed by atoms with Crippen molar-refractivity contribution in [3.05, 3.63) is 125 Å². The maximum Gasteiger partial charge on any atom is 0.404 e. The van der Waals surface area contributed by atoms with E-state index in [-0.39, 0.29) is 25.3 Å². The Morgan fingerprint density at radius 3 is 2.49 bits per heavy atom. The summed E-state index contributed by atoms with van der Waals surface area (Å²) < 4.78 is 28.2. The second-order valence-electron chi connectivity index (χ2n) is 10.0. The van der Waals surface area contributed by atoms with E-state index >= 15 is 0 Å². The zero-order chi connectivity index (χ0) is 30.5. The highest BCUT2D eigenvalue weighted by Gasteiger charge is 2.22. The first kappa shape index (κ1) is 28.9. The number of benzene rings is 3. The van der Waals surface area contributed by atoms with Crippen molar-refractivity contribution in [1.29, 1.82) is 0 Å². The molecule has 0 aliphatic carbocycles. The second kappa shape index (κ2) is 12.5. The van der Waals surface area contributed by atoms with Crippen LogP contribution in [0.25, 0.3) is 22.0 Å². The fourth-order valence-electron chi connectivity index (χ4n) is 5.05. The first-order chi connectivity index (χ1) is 20.7. The fraction of sp³-hybridized carbons (Fsp3) is 0.125. The molecule has 0 fully saturated rings. The average Bonchev–Trinajstić information content (AvgIpc) is 3.36. The lowest BCUT2D eigenvalue weighted by Gasteiger charge is -2.22. The van der Waals surface area contributed by atoms with Crippen molar-refractivity contribution in [3.63, 3.8) is 0 Å². The van der Waals surface area contributed by atoms with Crippen LogP contribution in [0, 0.1) is 11.6 Å². The first-order valence-electron chi connectivity index (χ1n) is 13.3. The van der Waals surface area contributed by atoms with Gasteiger partial charge < -0.3 is 26.5 Å². The van der Waals surface area contributed by atoms with E-state index in [1.54, 1.807) is 60.9 Å². The van der Waals surface area contributed by atoms with E-state index in [0.717, 1.165) is 22.5 Å². The van der Waals surface area contributed by atoms with Gasteiger partial charge in [-0.15, -0.1) is 0 Å². The van der Waals surface area contributed by atoms with Crippen LogP contribution < -0.4 is 16.4 Å². The molecule has 2 aromatic heterocycles. The summed E-state index contributed by atoms with van der Waals surface area (Å²) in [5.74, 6) is -2.45. The van der Waals surface area contributed by atoms with E-state index in [1.807, 2.05) is 6.07 Å². The van der Waals surface area contributed by atoms with Crippen LogP contribution in [0.4, 0.5) is 13.6 Å². The number of primary amides is 1. The molecule has 2 heterocycles.